The predicted molar refractivity (Wildman–Crippen MR) is 127 cm³/mol. The van der Waals surface area contributed by atoms with Gasteiger partial charge >= 0.3 is 0 Å². The van der Waals surface area contributed by atoms with Gasteiger partial charge < -0.3 is 9.73 Å². The highest BCUT2D eigenvalue weighted by Gasteiger charge is 2.29. The molecule has 4 aromatic rings. The van der Waals surface area contributed by atoms with Crippen molar-refractivity contribution in [3.8, 4) is 0 Å². The van der Waals surface area contributed by atoms with E-state index in [1.165, 1.54) is 6.07 Å². The van der Waals surface area contributed by atoms with Crippen LogP contribution in [0.2, 0.25) is 0 Å². The number of carbonyl (C=O) groups is 1. The molecule has 168 valence electrons. The van der Waals surface area contributed by atoms with Crippen molar-refractivity contribution in [3.05, 3.63) is 83.2 Å². The Balaban J connectivity index is 1.34. The van der Waals surface area contributed by atoms with Crippen LogP contribution in [0.15, 0.2) is 70.0 Å². The number of rotatable bonds is 6. The zero-order valence-corrected chi connectivity index (χ0v) is 19.1. The Morgan fingerprint density at radius 2 is 1.82 bits per heavy atom. The zero-order chi connectivity index (χ0) is 23.2. The first kappa shape index (κ1) is 21.2. The molecule has 1 saturated carbocycles. The second-order valence-corrected chi connectivity index (χ2v) is 10.1. The lowest BCUT2D eigenvalue weighted by molar-refractivity contribution is 0.102. The van der Waals surface area contributed by atoms with Crippen molar-refractivity contribution in [2.45, 2.75) is 37.5 Å². The molecule has 0 bridgehead atoms. The number of nitrogens with one attached hydrogen (secondary N) is 2. The molecule has 2 N–H and O–H groups in total. The molecule has 0 radical (unpaired) electrons. The molecule has 1 aliphatic rings. The van der Waals surface area contributed by atoms with E-state index in [2.05, 4.69) is 15.0 Å². The van der Waals surface area contributed by atoms with Gasteiger partial charge in [-0.3, -0.25) is 9.52 Å². The molecule has 0 atom stereocenters. The Kier molecular flexibility index (Phi) is 5.17. The van der Waals surface area contributed by atoms with Crippen molar-refractivity contribution < 1.29 is 17.6 Å². The summed E-state index contributed by atoms with van der Waals surface area (Å²) in [5.41, 5.74) is 4.11. The summed E-state index contributed by atoms with van der Waals surface area (Å²) in [4.78, 5) is 17.6. The Hall–Kier alpha value is -3.65. The maximum Gasteiger partial charge on any atom is 0.262 e. The molecular formula is C25H23N3O4S. The smallest absolute Gasteiger partial charge is 0.262 e. The van der Waals surface area contributed by atoms with E-state index in [0.717, 1.165) is 24.3 Å². The largest absolute Gasteiger partial charge is 0.440 e. The number of aromatic nitrogens is 1. The number of sulfonamides is 1. The molecule has 33 heavy (non-hydrogen) atoms. The van der Waals surface area contributed by atoms with Crippen LogP contribution in [0, 0.1) is 13.8 Å². The highest BCUT2D eigenvalue weighted by atomic mass is 32.2. The normalized spacial score (nSPS) is 13.8. The lowest BCUT2D eigenvalue weighted by atomic mass is 10.2. The van der Waals surface area contributed by atoms with Gasteiger partial charge in [0.1, 0.15) is 5.52 Å². The van der Waals surface area contributed by atoms with Gasteiger partial charge in [-0.15, -0.1) is 0 Å². The monoisotopic (exact) mass is 461 g/mol. The number of nitrogens with zero attached hydrogens (tertiary/aromatic N) is 1. The highest BCUT2D eigenvalue weighted by Crippen LogP contribution is 2.40. The summed E-state index contributed by atoms with van der Waals surface area (Å²) in [6.45, 7) is 3.59. The Labute approximate surface area is 191 Å². The maximum atomic E-state index is 12.9. The van der Waals surface area contributed by atoms with Crippen LogP contribution in [0.3, 0.4) is 0 Å². The first-order valence-corrected chi connectivity index (χ1v) is 12.2. The van der Waals surface area contributed by atoms with Crippen LogP contribution in [0.4, 0.5) is 11.4 Å². The SMILES string of the molecule is Cc1ccc(C)c(S(=O)(=O)Nc2cccc(C(=O)Nc3ccc4oc(C5CC5)nc4c3)c2)c1. The topological polar surface area (TPSA) is 101 Å². The van der Waals surface area contributed by atoms with Crippen LogP contribution >= 0.6 is 0 Å². The van der Waals surface area contributed by atoms with Crippen molar-refractivity contribution in [2.24, 2.45) is 0 Å². The quantitative estimate of drug-likeness (QED) is 0.402. The number of oxazole rings is 1. The average molecular weight is 462 g/mol. The van der Waals surface area contributed by atoms with Gasteiger partial charge in [0, 0.05) is 22.9 Å². The molecule has 1 amide bonds. The maximum absolute atomic E-state index is 12.9. The van der Waals surface area contributed by atoms with Crippen molar-refractivity contribution in [1.82, 2.24) is 4.98 Å². The Morgan fingerprint density at radius 1 is 1.00 bits per heavy atom. The molecule has 1 heterocycles. The molecule has 5 rings (SSSR count). The van der Waals surface area contributed by atoms with Crippen molar-refractivity contribution in [2.75, 3.05) is 10.0 Å². The summed E-state index contributed by atoms with van der Waals surface area (Å²) in [5.74, 6) is 0.802. The lowest BCUT2D eigenvalue weighted by Gasteiger charge is -2.12. The molecule has 0 aliphatic heterocycles. The average Bonchev–Trinajstić information content (AvgIpc) is 3.54. The zero-order valence-electron chi connectivity index (χ0n) is 18.3. The molecule has 7 nitrogen and oxygen atoms in total. The van der Waals surface area contributed by atoms with E-state index in [0.29, 0.717) is 39.5 Å². The third-order valence-electron chi connectivity index (χ3n) is 5.60. The third kappa shape index (κ3) is 4.47. The van der Waals surface area contributed by atoms with Crippen LogP contribution in [-0.4, -0.2) is 19.3 Å². The summed E-state index contributed by atoms with van der Waals surface area (Å²) in [5, 5.41) is 2.84. The van der Waals surface area contributed by atoms with Crippen molar-refractivity contribution >= 4 is 38.4 Å². The highest BCUT2D eigenvalue weighted by molar-refractivity contribution is 7.92. The summed E-state index contributed by atoms with van der Waals surface area (Å²) in [7, 11) is -3.79. The number of hydrogen-bond donors (Lipinski definition) is 2. The fourth-order valence-corrected chi connectivity index (χ4v) is 5.04. The number of benzene rings is 3. The molecule has 1 aliphatic carbocycles. The van der Waals surface area contributed by atoms with Gasteiger partial charge in [-0.25, -0.2) is 13.4 Å². The van der Waals surface area contributed by atoms with Crippen LogP contribution in [0.25, 0.3) is 11.1 Å². The lowest BCUT2D eigenvalue weighted by Crippen LogP contribution is -2.16. The number of hydrogen-bond acceptors (Lipinski definition) is 5. The standard InChI is InChI=1S/C25H23N3O4S/c1-15-6-7-16(2)23(12-15)33(30,31)28-20-5-3-4-18(13-20)24(29)26-19-10-11-22-21(14-19)27-25(32-22)17-8-9-17/h3-7,10-14,17,28H,8-9H2,1-2H3,(H,26,29). The van der Waals surface area contributed by atoms with E-state index < -0.39 is 10.0 Å². The molecule has 0 unspecified atom stereocenters. The van der Waals surface area contributed by atoms with Crippen LogP contribution in [0.1, 0.15) is 46.1 Å². The fourth-order valence-electron chi connectivity index (χ4n) is 3.66. The van der Waals surface area contributed by atoms with Crippen LogP contribution in [0.5, 0.6) is 0 Å². The number of amides is 1. The first-order valence-electron chi connectivity index (χ1n) is 10.7. The van der Waals surface area contributed by atoms with E-state index in [9.17, 15) is 13.2 Å². The van der Waals surface area contributed by atoms with Crippen LogP contribution < -0.4 is 10.0 Å². The first-order chi connectivity index (χ1) is 15.8. The second-order valence-electron chi connectivity index (χ2n) is 8.42. The number of fused-ring (bicyclic) bond motifs is 1. The van der Waals surface area contributed by atoms with E-state index in [-0.39, 0.29) is 10.8 Å². The third-order valence-corrected chi connectivity index (χ3v) is 7.12. The minimum absolute atomic E-state index is 0.212. The molecular weight excluding hydrogens is 438 g/mol. The molecule has 1 aromatic heterocycles. The summed E-state index contributed by atoms with van der Waals surface area (Å²) in [6, 6.07) is 17.0. The van der Waals surface area contributed by atoms with Crippen LogP contribution in [-0.2, 0) is 10.0 Å². The number of carbonyl (C=O) groups excluding carboxylic acids is 1. The summed E-state index contributed by atoms with van der Waals surface area (Å²) < 4.78 is 34.1. The van der Waals surface area contributed by atoms with E-state index >= 15 is 0 Å². The van der Waals surface area contributed by atoms with Gasteiger partial charge in [-0.05, 0) is 80.3 Å². The van der Waals surface area contributed by atoms with Gasteiger partial charge in [0.2, 0.25) is 0 Å². The fraction of sp³-hybridized carbons (Fsp3) is 0.200. The summed E-state index contributed by atoms with van der Waals surface area (Å²) in [6.07, 6.45) is 2.19. The molecule has 3 aromatic carbocycles. The van der Waals surface area contributed by atoms with Gasteiger partial charge in [-0.1, -0.05) is 18.2 Å². The van der Waals surface area contributed by atoms with Gasteiger partial charge in [0.25, 0.3) is 15.9 Å². The van der Waals surface area contributed by atoms with E-state index in [4.69, 9.17) is 4.42 Å². The number of anilines is 2. The van der Waals surface area contributed by atoms with Gasteiger partial charge in [-0.2, -0.15) is 0 Å². The Bertz CT molecular complexity index is 1490. The molecule has 8 heteroatoms. The molecule has 1 fully saturated rings. The second kappa shape index (κ2) is 8.04. The molecule has 0 saturated heterocycles. The predicted octanol–water partition coefficient (Wildman–Crippen LogP) is 5.38. The van der Waals surface area contributed by atoms with Gasteiger partial charge in [0.15, 0.2) is 11.5 Å². The number of aryl methyl sites for hydroxylation is 2. The Morgan fingerprint density at radius 3 is 2.61 bits per heavy atom. The van der Waals surface area contributed by atoms with Crippen molar-refractivity contribution in [3.63, 3.8) is 0 Å². The van der Waals surface area contributed by atoms with E-state index in [1.807, 2.05) is 13.0 Å². The summed E-state index contributed by atoms with van der Waals surface area (Å²) >= 11 is 0. The van der Waals surface area contributed by atoms with Crippen molar-refractivity contribution in [1.29, 1.82) is 0 Å². The van der Waals surface area contributed by atoms with Gasteiger partial charge in [0.05, 0.1) is 4.90 Å². The molecule has 0 spiro atoms. The van der Waals surface area contributed by atoms with E-state index in [1.54, 1.807) is 55.5 Å². The minimum Gasteiger partial charge on any atom is -0.440 e. The minimum atomic E-state index is -3.79.